The van der Waals surface area contributed by atoms with E-state index < -0.39 is 11.9 Å². The Labute approximate surface area is 158 Å². The lowest BCUT2D eigenvalue weighted by Gasteiger charge is -2.20. The maximum Gasteiger partial charge on any atom is 0.268 e. The third kappa shape index (κ3) is 3.69. The van der Waals surface area contributed by atoms with Gasteiger partial charge in [-0.25, -0.2) is 0 Å². The fraction of sp³-hybridized carbons (Fsp3) is 0.286. The second kappa shape index (κ2) is 7.23. The van der Waals surface area contributed by atoms with Gasteiger partial charge in [-0.3, -0.25) is 14.6 Å². The lowest BCUT2D eigenvalue weighted by molar-refractivity contribution is -0.119. The number of benzene rings is 2. The Hall–Kier alpha value is -3.15. The van der Waals surface area contributed by atoms with E-state index in [0.717, 1.165) is 24.1 Å². The number of carbonyl (C=O) groups is 2. The molecule has 6 nitrogen and oxygen atoms in total. The highest BCUT2D eigenvalue weighted by Gasteiger charge is 2.38. The van der Waals surface area contributed by atoms with Crippen molar-refractivity contribution in [2.45, 2.75) is 31.3 Å². The van der Waals surface area contributed by atoms with Crippen molar-refractivity contribution in [3.8, 4) is 0 Å². The number of primary amides is 1. The Morgan fingerprint density at radius 2 is 1.67 bits per heavy atom. The van der Waals surface area contributed by atoms with E-state index in [2.05, 4.69) is 10.4 Å². The number of hydrogen-bond acceptors (Lipinski definition) is 4. The first-order chi connectivity index (χ1) is 13.1. The molecule has 4 rings (SSSR count). The third-order valence-electron chi connectivity index (χ3n) is 5.06. The van der Waals surface area contributed by atoms with Crippen molar-refractivity contribution >= 4 is 23.2 Å². The molecule has 1 aliphatic heterocycles. The van der Waals surface area contributed by atoms with Crippen LogP contribution in [0.4, 0.5) is 5.69 Å². The van der Waals surface area contributed by atoms with Crippen LogP contribution in [0.5, 0.6) is 0 Å². The second-order valence-electron chi connectivity index (χ2n) is 7.05. The molecule has 0 saturated heterocycles. The van der Waals surface area contributed by atoms with Crippen molar-refractivity contribution in [3.63, 3.8) is 0 Å². The molecule has 0 spiro atoms. The summed E-state index contributed by atoms with van der Waals surface area (Å²) in [5, 5.41) is 9.09. The largest absolute Gasteiger partial charge is 0.368 e. The first-order valence-electron chi connectivity index (χ1n) is 9.20. The van der Waals surface area contributed by atoms with Gasteiger partial charge < -0.3 is 11.1 Å². The van der Waals surface area contributed by atoms with Gasteiger partial charge in [-0.1, -0.05) is 48.5 Å². The van der Waals surface area contributed by atoms with Crippen LogP contribution in [0.2, 0.25) is 0 Å². The van der Waals surface area contributed by atoms with Crippen molar-refractivity contribution < 1.29 is 9.59 Å². The van der Waals surface area contributed by atoms with E-state index in [1.807, 2.05) is 60.7 Å². The minimum Gasteiger partial charge on any atom is -0.368 e. The topological polar surface area (TPSA) is 87.8 Å². The zero-order chi connectivity index (χ0) is 18.8. The molecule has 2 amide bonds. The fourth-order valence-corrected chi connectivity index (χ4v) is 3.48. The smallest absolute Gasteiger partial charge is 0.268 e. The van der Waals surface area contributed by atoms with Gasteiger partial charge in [0, 0.05) is 6.42 Å². The zero-order valence-corrected chi connectivity index (χ0v) is 14.9. The number of nitrogens with zero attached hydrogens (tertiary/aromatic N) is 2. The summed E-state index contributed by atoms with van der Waals surface area (Å²) in [5.41, 5.74) is 7.73. The molecule has 1 heterocycles. The third-order valence-corrected chi connectivity index (χ3v) is 5.06. The molecule has 2 aliphatic rings. The van der Waals surface area contributed by atoms with Gasteiger partial charge in [0.25, 0.3) is 5.91 Å². The maximum atomic E-state index is 12.9. The van der Waals surface area contributed by atoms with E-state index in [-0.39, 0.29) is 18.4 Å². The molecule has 138 valence electrons. The Morgan fingerprint density at radius 3 is 2.26 bits per heavy atom. The quantitative estimate of drug-likeness (QED) is 0.827. The molecule has 0 bridgehead atoms. The Morgan fingerprint density at radius 1 is 1.04 bits per heavy atom. The number of hydrazone groups is 1. The van der Waals surface area contributed by atoms with E-state index in [1.54, 1.807) is 5.01 Å². The van der Waals surface area contributed by atoms with E-state index in [0.29, 0.717) is 11.6 Å². The molecule has 1 aliphatic carbocycles. The summed E-state index contributed by atoms with van der Waals surface area (Å²) in [6, 6.07) is 18.6. The Kier molecular flexibility index (Phi) is 4.62. The SMILES string of the molecule is NC(=O)[C@@H]1CC(C(=O)N[C@@H](c2ccccc2)C2CC2)=NN1c1ccccc1. The lowest BCUT2D eigenvalue weighted by Crippen LogP contribution is -2.40. The van der Waals surface area contributed by atoms with Crippen LogP contribution < -0.4 is 16.1 Å². The van der Waals surface area contributed by atoms with Gasteiger partial charge in [-0.05, 0) is 36.5 Å². The minimum absolute atomic E-state index is 0.0285. The van der Waals surface area contributed by atoms with E-state index >= 15 is 0 Å². The first-order valence-corrected chi connectivity index (χ1v) is 9.20. The molecule has 3 N–H and O–H groups in total. The van der Waals surface area contributed by atoms with Crippen molar-refractivity contribution in [1.82, 2.24) is 5.32 Å². The Balaban J connectivity index is 1.55. The highest BCUT2D eigenvalue weighted by Crippen LogP contribution is 2.41. The van der Waals surface area contributed by atoms with Gasteiger partial charge in [0.2, 0.25) is 5.91 Å². The van der Waals surface area contributed by atoms with Gasteiger partial charge in [0.05, 0.1) is 11.7 Å². The number of nitrogens with one attached hydrogen (secondary N) is 1. The molecule has 0 aromatic heterocycles. The second-order valence-corrected chi connectivity index (χ2v) is 7.05. The molecule has 0 unspecified atom stereocenters. The van der Waals surface area contributed by atoms with Crippen LogP contribution in [0.25, 0.3) is 0 Å². The molecule has 1 saturated carbocycles. The monoisotopic (exact) mass is 362 g/mol. The predicted molar refractivity (Wildman–Crippen MR) is 104 cm³/mol. The van der Waals surface area contributed by atoms with Crippen molar-refractivity contribution in [2.24, 2.45) is 16.8 Å². The fourth-order valence-electron chi connectivity index (χ4n) is 3.48. The van der Waals surface area contributed by atoms with Crippen LogP contribution in [0, 0.1) is 5.92 Å². The summed E-state index contributed by atoms with van der Waals surface area (Å²) in [6.07, 6.45) is 2.42. The van der Waals surface area contributed by atoms with E-state index in [1.165, 1.54) is 0 Å². The summed E-state index contributed by atoms with van der Waals surface area (Å²) < 4.78 is 0. The van der Waals surface area contributed by atoms with Gasteiger partial charge in [-0.15, -0.1) is 0 Å². The number of anilines is 1. The highest BCUT2D eigenvalue weighted by molar-refractivity contribution is 6.40. The molecule has 2 aromatic rings. The van der Waals surface area contributed by atoms with Crippen LogP contribution in [0.3, 0.4) is 0 Å². The number of hydrogen-bond donors (Lipinski definition) is 2. The molecule has 2 atom stereocenters. The van der Waals surface area contributed by atoms with Crippen LogP contribution in [-0.4, -0.2) is 23.6 Å². The molecule has 1 fully saturated rings. The van der Waals surface area contributed by atoms with Crippen LogP contribution in [0.1, 0.15) is 30.9 Å². The number of carbonyl (C=O) groups excluding carboxylic acids is 2. The van der Waals surface area contributed by atoms with Crippen molar-refractivity contribution in [3.05, 3.63) is 66.2 Å². The zero-order valence-electron chi connectivity index (χ0n) is 14.9. The van der Waals surface area contributed by atoms with Crippen molar-refractivity contribution in [1.29, 1.82) is 0 Å². The van der Waals surface area contributed by atoms with Crippen LogP contribution >= 0.6 is 0 Å². The predicted octanol–water partition coefficient (Wildman–Crippen LogP) is 2.37. The molecular weight excluding hydrogens is 340 g/mol. The van der Waals surface area contributed by atoms with Crippen LogP contribution in [0.15, 0.2) is 65.8 Å². The molecule has 0 radical (unpaired) electrons. The molecular formula is C21H22N4O2. The van der Waals surface area contributed by atoms with E-state index in [4.69, 9.17) is 5.73 Å². The first kappa shape index (κ1) is 17.3. The number of amides is 2. The summed E-state index contributed by atoms with van der Waals surface area (Å²) in [7, 11) is 0. The maximum absolute atomic E-state index is 12.9. The van der Waals surface area contributed by atoms with Crippen LogP contribution in [-0.2, 0) is 9.59 Å². The molecule has 27 heavy (non-hydrogen) atoms. The van der Waals surface area contributed by atoms with E-state index in [9.17, 15) is 9.59 Å². The highest BCUT2D eigenvalue weighted by atomic mass is 16.2. The number of para-hydroxylation sites is 1. The normalized spacial score (nSPS) is 20.1. The number of rotatable bonds is 6. The Bertz CT molecular complexity index is 862. The average Bonchev–Trinajstić information content (AvgIpc) is 3.43. The summed E-state index contributed by atoms with van der Waals surface area (Å²) in [4.78, 5) is 24.8. The summed E-state index contributed by atoms with van der Waals surface area (Å²) in [6.45, 7) is 0. The van der Waals surface area contributed by atoms with Gasteiger partial charge in [0.1, 0.15) is 11.8 Å². The minimum atomic E-state index is -0.649. The average molecular weight is 362 g/mol. The standard InChI is InChI=1S/C21H22N4O2/c22-20(26)18-13-17(24-25(18)16-9-5-2-6-10-16)21(27)23-19(15-11-12-15)14-7-3-1-4-8-14/h1-10,15,18-19H,11-13H2,(H2,22,26)(H,23,27)/t18-,19-/m0/s1. The number of nitrogens with two attached hydrogens (primary N) is 1. The van der Waals surface area contributed by atoms with Gasteiger partial charge >= 0.3 is 0 Å². The molecule has 6 heteroatoms. The lowest BCUT2D eigenvalue weighted by atomic mass is 10.0. The summed E-state index contributed by atoms with van der Waals surface area (Å²) >= 11 is 0. The summed E-state index contributed by atoms with van der Waals surface area (Å²) in [5.74, 6) is -0.275. The van der Waals surface area contributed by atoms with Gasteiger partial charge in [0.15, 0.2) is 0 Å². The van der Waals surface area contributed by atoms with Crippen molar-refractivity contribution in [2.75, 3.05) is 5.01 Å². The van der Waals surface area contributed by atoms with Gasteiger partial charge in [-0.2, -0.15) is 5.10 Å². The molecule has 2 aromatic carbocycles.